The molecule has 0 fully saturated rings. The Morgan fingerprint density at radius 3 is 2.08 bits per heavy atom. The van der Waals surface area contributed by atoms with Gasteiger partial charge in [0.25, 0.3) is 0 Å². The molecule has 2 nitrogen and oxygen atoms in total. The molecule has 0 amide bonds. The van der Waals surface area contributed by atoms with Crippen molar-refractivity contribution in [2.24, 2.45) is 0 Å². The maximum absolute atomic E-state index is 11.6. The zero-order valence-corrected chi connectivity index (χ0v) is 14.5. The van der Waals surface area contributed by atoms with Crippen molar-refractivity contribution in [2.75, 3.05) is 0 Å². The van der Waals surface area contributed by atoms with Crippen LogP contribution in [0.25, 0.3) is 22.3 Å². The molecular formula is C23H20O2. The highest BCUT2D eigenvalue weighted by atomic mass is 16.5. The first-order valence-corrected chi connectivity index (χ1v) is 8.19. The van der Waals surface area contributed by atoms with Crippen molar-refractivity contribution in [1.29, 1.82) is 0 Å². The SMILES string of the molecule is C=C(C)C(=O)Oc1ccc(-c2ccc(-c3ccccc3)c(C)c2)cc1. The van der Waals surface area contributed by atoms with Gasteiger partial charge in [0.1, 0.15) is 5.75 Å². The van der Waals surface area contributed by atoms with Gasteiger partial charge < -0.3 is 4.74 Å². The fourth-order valence-electron chi connectivity index (χ4n) is 2.69. The second-order valence-corrected chi connectivity index (χ2v) is 6.09. The second kappa shape index (κ2) is 7.18. The predicted octanol–water partition coefficient (Wildman–Crippen LogP) is 5.81. The average molecular weight is 328 g/mol. The van der Waals surface area contributed by atoms with E-state index in [0.29, 0.717) is 11.3 Å². The Morgan fingerprint density at radius 2 is 1.48 bits per heavy atom. The molecule has 124 valence electrons. The topological polar surface area (TPSA) is 26.3 Å². The zero-order chi connectivity index (χ0) is 17.8. The van der Waals surface area contributed by atoms with E-state index in [0.717, 1.165) is 11.1 Å². The molecule has 3 aromatic rings. The molecule has 0 bridgehead atoms. The lowest BCUT2D eigenvalue weighted by Crippen LogP contribution is -2.07. The molecule has 3 rings (SSSR count). The fourth-order valence-corrected chi connectivity index (χ4v) is 2.69. The molecule has 3 aromatic carbocycles. The maximum Gasteiger partial charge on any atom is 0.338 e. The summed E-state index contributed by atoms with van der Waals surface area (Å²) in [6, 6.07) is 24.3. The highest BCUT2D eigenvalue weighted by molar-refractivity contribution is 5.88. The van der Waals surface area contributed by atoms with E-state index in [1.165, 1.54) is 16.7 Å². The minimum absolute atomic E-state index is 0.385. The second-order valence-electron chi connectivity index (χ2n) is 6.09. The van der Waals surface area contributed by atoms with Crippen LogP contribution in [0.15, 0.2) is 84.9 Å². The van der Waals surface area contributed by atoms with Crippen molar-refractivity contribution in [2.45, 2.75) is 13.8 Å². The molecule has 0 aliphatic rings. The van der Waals surface area contributed by atoms with Crippen LogP contribution in [0.3, 0.4) is 0 Å². The molecule has 0 saturated heterocycles. The number of ether oxygens (including phenoxy) is 1. The van der Waals surface area contributed by atoms with Crippen LogP contribution >= 0.6 is 0 Å². The van der Waals surface area contributed by atoms with Crippen LogP contribution in [0.4, 0.5) is 0 Å². The zero-order valence-electron chi connectivity index (χ0n) is 14.5. The maximum atomic E-state index is 11.6. The van der Waals surface area contributed by atoms with Gasteiger partial charge in [0.2, 0.25) is 0 Å². The molecule has 0 aromatic heterocycles. The standard InChI is InChI=1S/C23H20O2/c1-16(2)23(24)25-21-12-9-18(10-13-21)20-11-14-22(17(3)15-20)19-7-5-4-6-8-19/h4-15H,1H2,2-3H3. The fraction of sp³-hybridized carbons (Fsp3) is 0.0870. The molecule has 0 atom stereocenters. The van der Waals surface area contributed by atoms with Gasteiger partial charge in [-0.3, -0.25) is 0 Å². The van der Waals surface area contributed by atoms with Crippen LogP contribution < -0.4 is 4.74 Å². The normalized spacial score (nSPS) is 10.3. The first-order valence-electron chi connectivity index (χ1n) is 8.19. The first-order chi connectivity index (χ1) is 12.0. The molecular weight excluding hydrogens is 308 g/mol. The van der Waals surface area contributed by atoms with E-state index in [2.05, 4.69) is 43.8 Å². The quantitative estimate of drug-likeness (QED) is 0.343. The summed E-state index contributed by atoms with van der Waals surface area (Å²) in [5.41, 5.74) is 6.27. The van der Waals surface area contributed by atoms with Gasteiger partial charge in [0, 0.05) is 5.57 Å². The molecule has 0 aliphatic heterocycles. The van der Waals surface area contributed by atoms with E-state index in [-0.39, 0.29) is 0 Å². The predicted molar refractivity (Wildman–Crippen MR) is 103 cm³/mol. The third-order valence-corrected chi connectivity index (χ3v) is 4.06. The number of hydrogen-bond acceptors (Lipinski definition) is 2. The minimum atomic E-state index is -0.407. The van der Waals surface area contributed by atoms with E-state index in [1.807, 2.05) is 30.3 Å². The number of esters is 1. The lowest BCUT2D eigenvalue weighted by Gasteiger charge is -2.10. The summed E-state index contributed by atoms with van der Waals surface area (Å²) in [6.45, 7) is 7.34. The number of aryl methyl sites for hydroxylation is 1. The van der Waals surface area contributed by atoms with Crippen molar-refractivity contribution < 1.29 is 9.53 Å². The van der Waals surface area contributed by atoms with Gasteiger partial charge in [-0.15, -0.1) is 0 Å². The largest absolute Gasteiger partial charge is 0.423 e. The third-order valence-electron chi connectivity index (χ3n) is 4.06. The number of hydrogen-bond donors (Lipinski definition) is 0. The van der Waals surface area contributed by atoms with Crippen LogP contribution in [-0.2, 0) is 4.79 Å². The molecule has 0 radical (unpaired) electrons. The number of rotatable bonds is 4. The van der Waals surface area contributed by atoms with Crippen LogP contribution in [0, 0.1) is 6.92 Å². The lowest BCUT2D eigenvalue weighted by molar-refractivity contribution is -0.130. The molecule has 0 aliphatic carbocycles. The molecule has 0 unspecified atom stereocenters. The van der Waals surface area contributed by atoms with E-state index in [9.17, 15) is 4.79 Å². The summed E-state index contributed by atoms with van der Waals surface area (Å²) in [4.78, 5) is 11.6. The van der Waals surface area contributed by atoms with Crippen molar-refractivity contribution >= 4 is 5.97 Å². The molecule has 0 spiro atoms. The number of benzene rings is 3. The van der Waals surface area contributed by atoms with E-state index < -0.39 is 5.97 Å². The van der Waals surface area contributed by atoms with E-state index >= 15 is 0 Å². The van der Waals surface area contributed by atoms with Gasteiger partial charge in [-0.25, -0.2) is 4.79 Å². The summed E-state index contributed by atoms with van der Waals surface area (Å²) < 4.78 is 5.23. The van der Waals surface area contributed by atoms with Crippen molar-refractivity contribution in [3.63, 3.8) is 0 Å². The summed E-state index contributed by atoms with van der Waals surface area (Å²) in [5, 5.41) is 0. The Hall–Kier alpha value is -3.13. The third kappa shape index (κ3) is 3.86. The Labute approximate surface area is 148 Å². The molecule has 0 N–H and O–H groups in total. The summed E-state index contributed by atoms with van der Waals surface area (Å²) in [6.07, 6.45) is 0. The van der Waals surface area contributed by atoms with Crippen molar-refractivity contribution in [3.8, 4) is 28.0 Å². The summed E-state index contributed by atoms with van der Waals surface area (Å²) in [5.74, 6) is 0.116. The van der Waals surface area contributed by atoms with E-state index in [4.69, 9.17) is 4.74 Å². The lowest BCUT2D eigenvalue weighted by atomic mass is 9.96. The molecule has 0 saturated carbocycles. The Balaban J connectivity index is 1.84. The molecule has 25 heavy (non-hydrogen) atoms. The van der Waals surface area contributed by atoms with Crippen molar-refractivity contribution in [1.82, 2.24) is 0 Å². The van der Waals surface area contributed by atoms with Gasteiger partial charge in [0.05, 0.1) is 0 Å². The smallest absolute Gasteiger partial charge is 0.338 e. The Bertz CT molecular complexity index is 907. The van der Waals surface area contributed by atoms with Crippen LogP contribution in [0.5, 0.6) is 5.75 Å². The summed E-state index contributed by atoms with van der Waals surface area (Å²) >= 11 is 0. The van der Waals surface area contributed by atoms with Gasteiger partial charge >= 0.3 is 5.97 Å². The van der Waals surface area contributed by atoms with Crippen molar-refractivity contribution in [3.05, 3.63) is 90.5 Å². The van der Waals surface area contributed by atoms with Crippen LogP contribution in [-0.4, -0.2) is 5.97 Å². The van der Waals surface area contributed by atoms with Gasteiger partial charge in [-0.2, -0.15) is 0 Å². The Morgan fingerprint density at radius 1 is 0.840 bits per heavy atom. The van der Waals surface area contributed by atoms with Gasteiger partial charge in [-0.1, -0.05) is 67.2 Å². The summed E-state index contributed by atoms with van der Waals surface area (Å²) in [7, 11) is 0. The highest BCUT2D eigenvalue weighted by Crippen LogP contribution is 2.29. The highest BCUT2D eigenvalue weighted by Gasteiger charge is 2.07. The van der Waals surface area contributed by atoms with Gasteiger partial charge in [-0.05, 0) is 53.8 Å². The monoisotopic (exact) mass is 328 g/mol. The van der Waals surface area contributed by atoms with Crippen LogP contribution in [0.2, 0.25) is 0 Å². The number of carbonyl (C=O) groups is 1. The van der Waals surface area contributed by atoms with Crippen LogP contribution in [0.1, 0.15) is 12.5 Å². The van der Waals surface area contributed by atoms with Gasteiger partial charge in [0.15, 0.2) is 0 Å². The Kier molecular flexibility index (Phi) is 4.80. The first kappa shape index (κ1) is 16.7. The molecule has 2 heteroatoms. The number of carbonyl (C=O) groups excluding carboxylic acids is 1. The average Bonchev–Trinajstić information content (AvgIpc) is 2.63. The minimum Gasteiger partial charge on any atom is -0.423 e. The van der Waals surface area contributed by atoms with E-state index in [1.54, 1.807) is 19.1 Å². The molecule has 0 heterocycles.